The van der Waals surface area contributed by atoms with E-state index in [1.165, 1.54) is 24.3 Å². The molecule has 2 fully saturated rings. The van der Waals surface area contributed by atoms with E-state index >= 15 is 0 Å². The van der Waals surface area contributed by atoms with Crippen LogP contribution in [0.2, 0.25) is 0 Å². The summed E-state index contributed by atoms with van der Waals surface area (Å²) in [5, 5.41) is 0. The van der Waals surface area contributed by atoms with Gasteiger partial charge in [0.1, 0.15) is 5.75 Å². The second kappa shape index (κ2) is 5.73. The zero-order valence-electron chi connectivity index (χ0n) is 13.0. The Bertz CT molecular complexity index is 574. The van der Waals surface area contributed by atoms with E-state index < -0.39 is 6.36 Å². The number of alkyl halides is 3. The molecule has 2 aliphatic rings. The summed E-state index contributed by atoms with van der Waals surface area (Å²) in [5.74, 6) is 0.518. The van der Waals surface area contributed by atoms with E-state index in [2.05, 4.69) is 11.7 Å². The highest BCUT2D eigenvalue weighted by molar-refractivity contribution is 6.00. The van der Waals surface area contributed by atoms with Crippen LogP contribution in [0.5, 0.6) is 5.75 Å². The molecular weight excluding hydrogens is 307 g/mol. The third-order valence-electron chi connectivity index (χ3n) is 5.13. The minimum absolute atomic E-state index is 0.119. The summed E-state index contributed by atoms with van der Waals surface area (Å²) < 4.78 is 40.4. The summed E-state index contributed by atoms with van der Waals surface area (Å²) >= 11 is 0. The summed E-state index contributed by atoms with van der Waals surface area (Å²) in [6, 6.07) is 5.54. The smallest absolute Gasteiger partial charge is 0.406 e. The van der Waals surface area contributed by atoms with Crippen molar-refractivity contribution in [2.24, 2.45) is 11.3 Å². The number of rotatable bonds is 2. The predicted octanol–water partition coefficient (Wildman–Crippen LogP) is 4.52. The molecule has 1 aliphatic carbocycles. The summed E-state index contributed by atoms with van der Waals surface area (Å²) in [5.41, 5.74) is 0.383. The fourth-order valence-corrected chi connectivity index (χ4v) is 3.67. The minimum atomic E-state index is -4.70. The van der Waals surface area contributed by atoms with Crippen molar-refractivity contribution in [3.63, 3.8) is 0 Å². The second-order valence-corrected chi connectivity index (χ2v) is 6.71. The molecule has 3 rings (SSSR count). The molecule has 1 aromatic rings. The molecule has 1 saturated heterocycles. The number of carbonyl (C=O) groups excluding carboxylic acids is 1. The highest BCUT2D eigenvalue weighted by Crippen LogP contribution is 2.47. The largest absolute Gasteiger partial charge is 0.573 e. The van der Waals surface area contributed by atoms with Gasteiger partial charge in [-0.2, -0.15) is 0 Å². The van der Waals surface area contributed by atoms with Crippen LogP contribution in [-0.4, -0.2) is 18.8 Å². The second-order valence-electron chi connectivity index (χ2n) is 6.71. The quantitative estimate of drug-likeness (QED) is 0.799. The maximum Gasteiger partial charge on any atom is 0.573 e. The van der Waals surface area contributed by atoms with Crippen LogP contribution in [0.25, 0.3) is 0 Å². The average molecular weight is 327 g/mol. The predicted molar refractivity (Wildman–Crippen MR) is 80.2 cm³/mol. The molecule has 1 amide bonds. The highest BCUT2D eigenvalue weighted by atomic mass is 19.4. The zero-order chi connectivity index (χ0) is 16.7. The Balaban J connectivity index is 1.72. The van der Waals surface area contributed by atoms with Gasteiger partial charge >= 0.3 is 6.36 Å². The normalized spacial score (nSPS) is 28.4. The van der Waals surface area contributed by atoms with Crippen LogP contribution in [0.3, 0.4) is 0 Å². The standard InChI is InChI=1S/C17H20F3NO2/c1-12-6-8-16(9-7-12)10-11-21(15(16)22)13-2-4-14(5-3-13)23-17(18,19)20/h2-5,12H,6-11H2,1H3/t12-,16-. The van der Waals surface area contributed by atoms with Crippen molar-refractivity contribution >= 4 is 11.6 Å². The van der Waals surface area contributed by atoms with E-state index in [-0.39, 0.29) is 17.1 Å². The van der Waals surface area contributed by atoms with Gasteiger partial charge in [0.25, 0.3) is 0 Å². The van der Waals surface area contributed by atoms with Crippen LogP contribution in [0.1, 0.15) is 39.0 Å². The van der Waals surface area contributed by atoms with Crippen molar-refractivity contribution in [1.29, 1.82) is 0 Å². The third kappa shape index (κ3) is 3.31. The Morgan fingerprint density at radius 3 is 2.30 bits per heavy atom. The van der Waals surface area contributed by atoms with Crippen LogP contribution in [-0.2, 0) is 4.79 Å². The molecule has 126 valence electrons. The number of ether oxygens (including phenoxy) is 1. The molecule has 1 saturated carbocycles. The van der Waals surface area contributed by atoms with E-state index in [1.54, 1.807) is 4.90 Å². The maximum atomic E-state index is 12.8. The van der Waals surface area contributed by atoms with Crippen LogP contribution in [0.15, 0.2) is 24.3 Å². The number of benzene rings is 1. The van der Waals surface area contributed by atoms with E-state index in [0.717, 1.165) is 32.1 Å². The molecule has 6 heteroatoms. The topological polar surface area (TPSA) is 29.5 Å². The lowest BCUT2D eigenvalue weighted by Crippen LogP contribution is -2.37. The van der Waals surface area contributed by atoms with Crippen molar-refractivity contribution in [3.8, 4) is 5.75 Å². The SMILES string of the molecule is C[C@H]1CC[C@@]2(CCN(c3ccc(OC(F)(F)F)cc3)C2=O)CC1. The number of nitrogens with zero attached hydrogens (tertiary/aromatic N) is 1. The summed E-state index contributed by atoms with van der Waals surface area (Å²) in [6.07, 6.45) is 0.0978. The lowest BCUT2D eigenvalue weighted by molar-refractivity contribution is -0.274. The first-order valence-electron chi connectivity index (χ1n) is 7.97. The van der Waals surface area contributed by atoms with Gasteiger partial charge in [0.15, 0.2) is 0 Å². The fraction of sp³-hybridized carbons (Fsp3) is 0.588. The Hall–Kier alpha value is -1.72. The number of anilines is 1. The molecule has 0 N–H and O–H groups in total. The van der Waals surface area contributed by atoms with E-state index in [9.17, 15) is 18.0 Å². The maximum absolute atomic E-state index is 12.8. The third-order valence-corrected chi connectivity index (χ3v) is 5.13. The monoisotopic (exact) mass is 327 g/mol. The number of carbonyl (C=O) groups is 1. The molecule has 0 unspecified atom stereocenters. The Morgan fingerprint density at radius 2 is 1.74 bits per heavy atom. The van der Waals surface area contributed by atoms with Crippen molar-refractivity contribution in [3.05, 3.63) is 24.3 Å². The molecule has 1 aliphatic heterocycles. The minimum Gasteiger partial charge on any atom is -0.406 e. The van der Waals surface area contributed by atoms with Crippen molar-refractivity contribution in [2.45, 2.75) is 45.4 Å². The first-order chi connectivity index (χ1) is 10.8. The number of hydrogen-bond donors (Lipinski definition) is 0. The van der Waals surface area contributed by atoms with Gasteiger partial charge in [-0.05, 0) is 62.3 Å². The lowest BCUT2D eigenvalue weighted by atomic mass is 9.70. The zero-order valence-corrected chi connectivity index (χ0v) is 13.0. The van der Waals surface area contributed by atoms with Gasteiger partial charge in [0, 0.05) is 12.2 Å². The molecule has 3 nitrogen and oxygen atoms in total. The number of halogens is 3. The Kier molecular flexibility index (Phi) is 4.02. The van der Waals surface area contributed by atoms with E-state index in [4.69, 9.17) is 0 Å². The molecule has 0 bridgehead atoms. The highest BCUT2D eigenvalue weighted by Gasteiger charge is 2.48. The summed E-state index contributed by atoms with van der Waals surface area (Å²) in [6.45, 7) is 2.84. The van der Waals surface area contributed by atoms with Crippen molar-refractivity contribution < 1.29 is 22.7 Å². The molecule has 0 aromatic heterocycles. The van der Waals surface area contributed by atoms with Gasteiger partial charge in [0.2, 0.25) is 5.91 Å². The van der Waals surface area contributed by atoms with Gasteiger partial charge < -0.3 is 9.64 Å². The average Bonchev–Trinajstić information content (AvgIpc) is 2.79. The molecule has 0 radical (unpaired) electrons. The van der Waals surface area contributed by atoms with Gasteiger partial charge in [0.05, 0.1) is 5.41 Å². The van der Waals surface area contributed by atoms with Crippen LogP contribution in [0, 0.1) is 11.3 Å². The van der Waals surface area contributed by atoms with E-state index in [0.29, 0.717) is 18.2 Å². The molecule has 0 atom stereocenters. The molecule has 1 heterocycles. The Morgan fingerprint density at radius 1 is 1.13 bits per heavy atom. The lowest BCUT2D eigenvalue weighted by Gasteiger charge is -2.34. The first kappa shape index (κ1) is 16.1. The van der Waals surface area contributed by atoms with Gasteiger partial charge in [-0.15, -0.1) is 13.2 Å². The van der Waals surface area contributed by atoms with E-state index in [1.807, 2.05) is 0 Å². The molecule has 1 aromatic carbocycles. The number of amides is 1. The van der Waals surface area contributed by atoms with Crippen LogP contribution in [0.4, 0.5) is 18.9 Å². The number of hydrogen-bond acceptors (Lipinski definition) is 2. The van der Waals surface area contributed by atoms with Gasteiger partial charge in [-0.3, -0.25) is 4.79 Å². The summed E-state index contributed by atoms with van der Waals surface area (Å²) in [4.78, 5) is 14.5. The Labute approximate surface area is 133 Å². The molecule has 1 spiro atoms. The molecular formula is C17H20F3NO2. The van der Waals surface area contributed by atoms with Gasteiger partial charge in [-0.1, -0.05) is 6.92 Å². The van der Waals surface area contributed by atoms with Gasteiger partial charge in [-0.25, -0.2) is 0 Å². The summed E-state index contributed by atoms with van der Waals surface area (Å²) in [7, 11) is 0. The van der Waals surface area contributed by atoms with Crippen molar-refractivity contribution in [1.82, 2.24) is 0 Å². The van der Waals surface area contributed by atoms with Crippen molar-refractivity contribution in [2.75, 3.05) is 11.4 Å². The fourth-order valence-electron chi connectivity index (χ4n) is 3.67. The molecule has 23 heavy (non-hydrogen) atoms. The van der Waals surface area contributed by atoms with Crippen LogP contribution >= 0.6 is 0 Å². The van der Waals surface area contributed by atoms with Crippen LogP contribution < -0.4 is 9.64 Å². The first-order valence-corrected chi connectivity index (χ1v) is 7.97.